The Kier molecular flexibility index (Phi) is 8.75. The summed E-state index contributed by atoms with van der Waals surface area (Å²) in [5, 5.41) is 3.31. The zero-order valence-electron chi connectivity index (χ0n) is 22.3. The molecular formula is C29H40N2O5. The Labute approximate surface area is 215 Å². The Bertz CT molecular complexity index is 1020. The highest BCUT2D eigenvalue weighted by Gasteiger charge is 2.41. The van der Waals surface area contributed by atoms with Crippen molar-refractivity contribution in [2.45, 2.75) is 70.6 Å². The number of carbonyl (C=O) groups excluding carboxylic acids is 1. The van der Waals surface area contributed by atoms with Crippen molar-refractivity contribution in [3.8, 4) is 17.2 Å². The summed E-state index contributed by atoms with van der Waals surface area (Å²) >= 11 is 0. The van der Waals surface area contributed by atoms with Crippen LogP contribution in [0.5, 0.6) is 17.2 Å². The molecule has 2 aliphatic rings. The van der Waals surface area contributed by atoms with Crippen molar-refractivity contribution < 1.29 is 23.7 Å². The smallest absolute Gasteiger partial charge is 0.224 e. The number of hydrogen-bond acceptors (Lipinski definition) is 6. The van der Waals surface area contributed by atoms with E-state index in [1.54, 1.807) is 21.3 Å². The molecule has 2 saturated heterocycles. The molecule has 2 aliphatic heterocycles. The molecule has 0 spiro atoms. The first-order chi connectivity index (χ1) is 17.4. The molecule has 196 valence electrons. The first-order valence-electron chi connectivity index (χ1n) is 12.9. The summed E-state index contributed by atoms with van der Waals surface area (Å²) < 4.78 is 21.7. The molecule has 2 fully saturated rings. The van der Waals surface area contributed by atoms with Crippen LogP contribution in [0.3, 0.4) is 0 Å². The molecule has 2 heterocycles. The Morgan fingerprint density at radius 3 is 2.22 bits per heavy atom. The monoisotopic (exact) mass is 496 g/mol. The number of benzene rings is 2. The summed E-state index contributed by atoms with van der Waals surface area (Å²) in [6.45, 7) is 6.42. The van der Waals surface area contributed by atoms with Gasteiger partial charge in [-0.05, 0) is 80.0 Å². The molecule has 2 aromatic carbocycles. The first kappa shape index (κ1) is 26.3. The number of piperidine rings is 1. The number of hydrogen-bond donors (Lipinski definition) is 1. The van der Waals surface area contributed by atoms with E-state index < -0.39 is 0 Å². The predicted molar refractivity (Wildman–Crippen MR) is 140 cm³/mol. The van der Waals surface area contributed by atoms with Crippen molar-refractivity contribution >= 4 is 5.91 Å². The van der Waals surface area contributed by atoms with Gasteiger partial charge in [0.05, 0.1) is 27.2 Å². The van der Waals surface area contributed by atoms with Gasteiger partial charge in [-0.25, -0.2) is 0 Å². The Hall–Kier alpha value is -2.77. The Balaban J connectivity index is 1.34. The zero-order valence-corrected chi connectivity index (χ0v) is 22.3. The molecule has 0 aromatic heterocycles. The Morgan fingerprint density at radius 1 is 0.944 bits per heavy atom. The van der Waals surface area contributed by atoms with Crippen molar-refractivity contribution in [2.24, 2.45) is 0 Å². The molecular weight excluding hydrogens is 456 g/mol. The third kappa shape index (κ3) is 6.13. The van der Waals surface area contributed by atoms with Crippen molar-refractivity contribution in [3.63, 3.8) is 0 Å². The van der Waals surface area contributed by atoms with Crippen molar-refractivity contribution in [3.05, 3.63) is 52.6 Å². The number of carbonyl (C=O) groups is 1. The van der Waals surface area contributed by atoms with Crippen LogP contribution in [0.25, 0.3) is 0 Å². The molecule has 2 atom stereocenters. The number of ether oxygens (including phenoxy) is 4. The lowest BCUT2D eigenvalue weighted by atomic mass is 9.94. The van der Waals surface area contributed by atoms with E-state index in [0.29, 0.717) is 43.2 Å². The van der Waals surface area contributed by atoms with Gasteiger partial charge in [0.15, 0.2) is 0 Å². The van der Waals surface area contributed by atoms with Crippen molar-refractivity contribution in [1.29, 1.82) is 0 Å². The lowest BCUT2D eigenvalue weighted by Gasteiger charge is -2.39. The number of nitrogens with zero attached hydrogens (tertiary/aromatic N) is 1. The molecule has 7 nitrogen and oxygen atoms in total. The molecule has 36 heavy (non-hydrogen) atoms. The minimum absolute atomic E-state index is 0.0543. The molecule has 2 bridgehead atoms. The van der Waals surface area contributed by atoms with E-state index in [-0.39, 0.29) is 11.9 Å². The first-order valence-corrected chi connectivity index (χ1v) is 12.9. The molecule has 0 radical (unpaired) electrons. The summed E-state index contributed by atoms with van der Waals surface area (Å²) in [5.74, 6) is 2.39. The maximum absolute atomic E-state index is 12.9. The minimum atomic E-state index is 0.0543. The topological polar surface area (TPSA) is 69.3 Å². The minimum Gasteiger partial charge on any atom is -0.497 e. The molecule has 0 aliphatic carbocycles. The number of nitrogens with one attached hydrogen (secondary N) is 1. The maximum Gasteiger partial charge on any atom is 0.224 e. The van der Waals surface area contributed by atoms with E-state index >= 15 is 0 Å². The van der Waals surface area contributed by atoms with Crippen LogP contribution in [0.1, 0.15) is 47.9 Å². The van der Waals surface area contributed by atoms with Gasteiger partial charge >= 0.3 is 0 Å². The number of methoxy groups -OCH3 is 3. The fourth-order valence-electron chi connectivity index (χ4n) is 5.69. The van der Waals surface area contributed by atoms with Crippen LogP contribution in [-0.2, 0) is 22.5 Å². The van der Waals surface area contributed by atoms with Gasteiger partial charge in [0.2, 0.25) is 5.91 Å². The van der Waals surface area contributed by atoms with E-state index in [1.807, 2.05) is 18.2 Å². The summed E-state index contributed by atoms with van der Waals surface area (Å²) in [5.41, 5.74) is 4.75. The predicted octanol–water partition coefficient (Wildman–Crippen LogP) is 4.20. The number of rotatable bonds is 11. The van der Waals surface area contributed by atoms with Crippen LogP contribution in [0.4, 0.5) is 0 Å². The third-order valence-corrected chi connectivity index (χ3v) is 7.77. The number of amides is 1. The average Bonchev–Trinajstić information content (AvgIpc) is 3.10. The van der Waals surface area contributed by atoms with E-state index in [1.165, 1.54) is 29.5 Å². The highest BCUT2D eigenvalue weighted by atomic mass is 16.5. The average molecular weight is 497 g/mol. The van der Waals surface area contributed by atoms with Gasteiger partial charge in [-0.2, -0.15) is 0 Å². The fraction of sp³-hybridized carbons (Fsp3) is 0.552. The summed E-state index contributed by atoms with van der Waals surface area (Å²) in [6, 6.07) is 11.1. The van der Waals surface area contributed by atoms with Gasteiger partial charge in [-0.1, -0.05) is 6.07 Å². The van der Waals surface area contributed by atoms with Gasteiger partial charge in [-0.3, -0.25) is 9.69 Å². The van der Waals surface area contributed by atoms with Crippen LogP contribution in [-0.4, -0.2) is 63.5 Å². The molecule has 0 saturated carbocycles. The van der Waals surface area contributed by atoms with Gasteiger partial charge < -0.3 is 24.3 Å². The lowest BCUT2D eigenvalue weighted by Crippen LogP contribution is -2.50. The van der Waals surface area contributed by atoms with Crippen molar-refractivity contribution in [1.82, 2.24) is 10.2 Å². The van der Waals surface area contributed by atoms with Crippen LogP contribution < -0.4 is 19.5 Å². The van der Waals surface area contributed by atoms with Gasteiger partial charge in [0.1, 0.15) is 23.9 Å². The van der Waals surface area contributed by atoms with Crippen LogP contribution in [0.15, 0.2) is 30.3 Å². The van der Waals surface area contributed by atoms with E-state index in [4.69, 9.17) is 18.9 Å². The molecule has 4 rings (SSSR count). The zero-order chi connectivity index (χ0) is 25.7. The molecule has 2 unspecified atom stereocenters. The lowest BCUT2D eigenvalue weighted by molar-refractivity contribution is -0.121. The largest absolute Gasteiger partial charge is 0.497 e. The Morgan fingerprint density at radius 2 is 1.61 bits per heavy atom. The standard InChI is InChI=1S/C29H40N2O5/c1-19-20(2)28(36-11-10-33-3)9-6-22(19)18-31-24-7-8-25(31)16-23(15-24)30-29(32)14-21-12-26(34-4)17-27(13-21)35-5/h6,9,12-13,17,23-25H,7-8,10-11,14-16,18H2,1-5H3,(H,30,32). The van der Waals surface area contributed by atoms with Crippen LogP contribution in [0, 0.1) is 13.8 Å². The molecule has 1 amide bonds. The second-order valence-corrected chi connectivity index (χ2v) is 10.0. The highest BCUT2D eigenvalue weighted by molar-refractivity contribution is 5.79. The molecule has 2 aromatic rings. The second kappa shape index (κ2) is 12.0. The second-order valence-electron chi connectivity index (χ2n) is 10.0. The van der Waals surface area contributed by atoms with E-state index in [2.05, 4.69) is 36.2 Å². The van der Waals surface area contributed by atoms with Gasteiger partial charge in [0.25, 0.3) is 0 Å². The normalized spacial score (nSPS) is 21.3. The summed E-state index contributed by atoms with van der Waals surface area (Å²) in [4.78, 5) is 15.5. The molecule has 1 N–H and O–H groups in total. The van der Waals surface area contributed by atoms with Gasteiger partial charge in [0, 0.05) is 37.8 Å². The van der Waals surface area contributed by atoms with E-state index in [9.17, 15) is 4.79 Å². The third-order valence-electron chi connectivity index (χ3n) is 7.77. The number of fused-ring (bicyclic) bond motifs is 2. The van der Waals surface area contributed by atoms with Crippen LogP contribution in [0.2, 0.25) is 0 Å². The van der Waals surface area contributed by atoms with Crippen molar-refractivity contribution in [2.75, 3.05) is 34.5 Å². The molecule has 7 heteroatoms. The summed E-state index contributed by atoms with van der Waals surface area (Å²) in [7, 11) is 4.93. The quantitative estimate of drug-likeness (QED) is 0.470. The van der Waals surface area contributed by atoms with Crippen LogP contribution >= 0.6 is 0 Å². The van der Waals surface area contributed by atoms with E-state index in [0.717, 1.165) is 30.7 Å². The fourth-order valence-corrected chi connectivity index (χ4v) is 5.69. The van der Waals surface area contributed by atoms with Gasteiger partial charge in [-0.15, -0.1) is 0 Å². The highest BCUT2D eigenvalue weighted by Crippen LogP contribution is 2.38. The maximum atomic E-state index is 12.9. The SMILES string of the molecule is COCCOc1ccc(CN2C3CCC2CC(NC(=O)Cc2cc(OC)cc(OC)c2)C3)c(C)c1C. The summed E-state index contributed by atoms with van der Waals surface area (Å²) in [6.07, 6.45) is 4.71.